The van der Waals surface area contributed by atoms with Gasteiger partial charge in [-0.2, -0.15) is 0 Å². The minimum Gasteiger partial charge on any atom is -0.324 e. The highest BCUT2D eigenvalue weighted by Gasteiger charge is 2.41. The smallest absolute Gasteiger partial charge is 0.262 e. The number of aryl methyl sites for hydroxylation is 2. The number of nitrogens with zero attached hydrogens (tertiary/aromatic N) is 1. The van der Waals surface area contributed by atoms with Crippen molar-refractivity contribution in [1.82, 2.24) is 4.90 Å². The number of amides is 3. The van der Waals surface area contributed by atoms with E-state index >= 15 is 0 Å². The minimum atomic E-state index is -0.985. The van der Waals surface area contributed by atoms with Crippen LogP contribution >= 0.6 is 23.2 Å². The SMILES string of the molecule is Cc1ccc(NC(=O)C(C)N2C(=O)c3cc(Cl)c(Cl)cc3C2=O)cc1C. The van der Waals surface area contributed by atoms with Crippen LogP contribution in [0.5, 0.6) is 0 Å². The summed E-state index contributed by atoms with van der Waals surface area (Å²) in [6.45, 7) is 5.41. The van der Waals surface area contributed by atoms with E-state index < -0.39 is 23.8 Å². The molecule has 0 aromatic heterocycles. The Morgan fingerprint density at radius 3 is 2.00 bits per heavy atom. The first-order valence-corrected chi connectivity index (χ1v) is 8.71. The lowest BCUT2D eigenvalue weighted by atomic mass is 10.1. The van der Waals surface area contributed by atoms with Crippen LogP contribution < -0.4 is 5.32 Å². The summed E-state index contributed by atoms with van der Waals surface area (Å²) in [6, 6.07) is 7.22. The molecule has 26 heavy (non-hydrogen) atoms. The van der Waals surface area contributed by atoms with Crippen molar-refractivity contribution in [1.29, 1.82) is 0 Å². The molecule has 0 saturated heterocycles. The van der Waals surface area contributed by atoms with Crippen LogP contribution in [0.25, 0.3) is 0 Å². The van der Waals surface area contributed by atoms with Gasteiger partial charge in [-0.05, 0) is 56.2 Å². The lowest BCUT2D eigenvalue weighted by molar-refractivity contribution is -0.119. The van der Waals surface area contributed by atoms with Crippen LogP contribution in [0.1, 0.15) is 38.8 Å². The van der Waals surface area contributed by atoms with E-state index in [9.17, 15) is 14.4 Å². The monoisotopic (exact) mass is 390 g/mol. The molecule has 1 aliphatic heterocycles. The molecule has 0 bridgehead atoms. The van der Waals surface area contributed by atoms with E-state index in [-0.39, 0.29) is 21.2 Å². The number of hydrogen-bond acceptors (Lipinski definition) is 3. The van der Waals surface area contributed by atoms with Crippen molar-refractivity contribution in [3.63, 3.8) is 0 Å². The third-order valence-corrected chi connectivity index (χ3v) is 5.22. The van der Waals surface area contributed by atoms with Crippen molar-refractivity contribution in [2.24, 2.45) is 0 Å². The van der Waals surface area contributed by atoms with Crippen LogP contribution in [0.4, 0.5) is 5.69 Å². The number of halogens is 2. The van der Waals surface area contributed by atoms with Gasteiger partial charge in [-0.3, -0.25) is 19.3 Å². The van der Waals surface area contributed by atoms with Gasteiger partial charge in [0, 0.05) is 5.69 Å². The highest BCUT2D eigenvalue weighted by molar-refractivity contribution is 6.43. The quantitative estimate of drug-likeness (QED) is 0.797. The third kappa shape index (κ3) is 3.08. The topological polar surface area (TPSA) is 66.5 Å². The summed E-state index contributed by atoms with van der Waals surface area (Å²) in [6.07, 6.45) is 0. The molecule has 3 rings (SSSR count). The summed E-state index contributed by atoms with van der Waals surface area (Å²) in [7, 11) is 0. The zero-order valence-electron chi connectivity index (χ0n) is 14.4. The summed E-state index contributed by atoms with van der Waals surface area (Å²) in [5.41, 5.74) is 3.03. The average Bonchev–Trinajstić information content (AvgIpc) is 2.82. The van der Waals surface area contributed by atoms with Gasteiger partial charge in [0.25, 0.3) is 11.8 Å². The molecule has 1 N–H and O–H groups in total. The fourth-order valence-corrected chi connectivity index (χ4v) is 3.11. The number of benzene rings is 2. The molecule has 1 aliphatic rings. The molecule has 0 radical (unpaired) electrons. The van der Waals surface area contributed by atoms with Crippen LogP contribution in [0, 0.1) is 13.8 Å². The summed E-state index contributed by atoms with van der Waals surface area (Å²) in [5, 5.41) is 3.10. The highest BCUT2D eigenvalue weighted by atomic mass is 35.5. The normalized spacial score (nSPS) is 14.4. The van der Waals surface area contributed by atoms with E-state index in [1.54, 1.807) is 6.07 Å². The van der Waals surface area contributed by atoms with Crippen molar-refractivity contribution in [2.45, 2.75) is 26.8 Å². The molecule has 7 heteroatoms. The molecule has 0 saturated carbocycles. The van der Waals surface area contributed by atoms with Gasteiger partial charge in [0.2, 0.25) is 5.91 Å². The van der Waals surface area contributed by atoms with Crippen LogP contribution in [0.15, 0.2) is 30.3 Å². The van der Waals surface area contributed by atoms with Gasteiger partial charge in [0.05, 0.1) is 21.2 Å². The van der Waals surface area contributed by atoms with Crippen molar-refractivity contribution in [3.8, 4) is 0 Å². The molecule has 1 unspecified atom stereocenters. The number of carbonyl (C=O) groups excluding carboxylic acids is 3. The predicted molar refractivity (Wildman–Crippen MR) is 101 cm³/mol. The maximum absolute atomic E-state index is 12.6. The standard InChI is InChI=1S/C19H16Cl2N2O3/c1-9-4-5-12(6-10(9)2)22-17(24)11(3)23-18(25)13-7-15(20)16(21)8-14(13)19(23)26/h4-8,11H,1-3H3,(H,22,24). The van der Waals surface area contributed by atoms with Crippen LogP contribution in [-0.4, -0.2) is 28.7 Å². The molecule has 0 spiro atoms. The first kappa shape index (κ1) is 18.4. The van der Waals surface area contributed by atoms with Gasteiger partial charge in [-0.15, -0.1) is 0 Å². The van der Waals surface area contributed by atoms with Gasteiger partial charge in [-0.1, -0.05) is 29.3 Å². The second kappa shape index (κ2) is 6.74. The molecule has 2 aromatic carbocycles. The van der Waals surface area contributed by atoms with E-state index in [0.29, 0.717) is 5.69 Å². The molecular weight excluding hydrogens is 375 g/mol. The van der Waals surface area contributed by atoms with Crippen LogP contribution in [-0.2, 0) is 4.79 Å². The number of carbonyl (C=O) groups is 3. The maximum atomic E-state index is 12.6. The number of anilines is 1. The van der Waals surface area contributed by atoms with Crippen LogP contribution in [0.2, 0.25) is 10.0 Å². The van der Waals surface area contributed by atoms with E-state index in [1.807, 2.05) is 26.0 Å². The second-order valence-electron chi connectivity index (χ2n) is 6.26. The zero-order chi connectivity index (χ0) is 19.2. The predicted octanol–water partition coefficient (Wildman–Crippen LogP) is 4.23. The number of imide groups is 1. The second-order valence-corrected chi connectivity index (χ2v) is 7.07. The number of rotatable bonds is 3. The lowest BCUT2D eigenvalue weighted by Crippen LogP contribution is -2.45. The molecule has 0 aliphatic carbocycles. The van der Waals surface area contributed by atoms with Gasteiger partial charge in [0.1, 0.15) is 6.04 Å². The summed E-state index contributed by atoms with van der Waals surface area (Å²) >= 11 is 11.9. The van der Waals surface area contributed by atoms with Gasteiger partial charge in [-0.25, -0.2) is 0 Å². The summed E-state index contributed by atoms with van der Waals surface area (Å²) in [4.78, 5) is 38.7. The molecule has 0 fully saturated rings. The number of hydrogen-bond donors (Lipinski definition) is 1. The largest absolute Gasteiger partial charge is 0.324 e. The molecule has 134 valence electrons. The Labute approximate surface area is 160 Å². The highest BCUT2D eigenvalue weighted by Crippen LogP contribution is 2.32. The van der Waals surface area contributed by atoms with Gasteiger partial charge < -0.3 is 5.32 Å². The van der Waals surface area contributed by atoms with Crippen LogP contribution in [0.3, 0.4) is 0 Å². The third-order valence-electron chi connectivity index (χ3n) is 4.50. The number of nitrogens with one attached hydrogen (secondary N) is 1. The average molecular weight is 391 g/mol. The van der Waals surface area contributed by atoms with Crippen molar-refractivity contribution < 1.29 is 14.4 Å². The van der Waals surface area contributed by atoms with Gasteiger partial charge >= 0.3 is 0 Å². The Bertz CT molecular complexity index is 915. The first-order valence-electron chi connectivity index (χ1n) is 7.95. The molecule has 3 amide bonds. The van der Waals surface area contributed by atoms with E-state index in [2.05, 4.69) is 5.32 Å². The molecule has 5 nitrogen and oxygen atoms in total. The Morgan fingerprint density at radius 1 is 0.962 bits per heavy atom. The fraction of sp³-hybridized carbons (Fsp3) is 0.211. The van der Waals surface area contributed by atoms with E-state index in [1.165, 1.54) is 19.1 Å². The Balaban J connectivity index is 1.84. The molecule has 1 atom stereocenters. The Hall–Kier alpha value is -2.37. The Morgan fingerprint density at radius 2 is 1.50 bits per heavy atom. The fourth-order valence-electron chi connectivity index (χ4n) is 2.79. The summed E-state index contributed by atoms with van der Waals surface area (Å²) in [5.74, 6) is -1.59. The van der Waals surface area contributed by atoms with Crippen molar-refractivity contribution >= 4 is 46.6 Å². The lowest BCUT2D eigenvalue weighted by Gasteiger charge is -2.21. The van der Waals surface area contributed by atoms with Gasteiger partial charge in [0.15, 0.2) is 0 Å². The van der Waals surface area contributed by atoms with Crippen molar-refractivity contribution in [3.05, 3.63) is 62.6 Å². The number of fused-ring (bicyclic) bond motifs is 1. The summed E-state index contributed by atoms with van der Waals surface area (Å²) < 4.78 is 0. The maximum Gasteiger partial charge on any atom is 0.262 e. The van der Waals surface area contributed by atoms with E-state index in [0.717, 1.165) is 16.0 Å². The molecular formula is C19H16Cl2N2O3. The van der Waals surface area contributed by atoms with Crippen molar-refractivity contribution in [2.75, 3.05) is 5.32 Å². The van der Waals surface area contributed by atoms with E-state index in [4.69, 9.17) is 23.2 Å². The first-order chi connectivity index (χ1) is 12.2. The Kier molecular flexibility index (Phi) is 4.78. The molecule has 2 aromatic rings. The minimum absolute atomic E-state index is 0.148. The zero-order valence-corrected chi connectivity index (χ0v) is 15.9. The molecule has 1 heterocycles.